The third kappa shape index (κ3) is 4.49. The quantitative estimate of drug-likeness (QED) is 0.724. The summed E-state index contributed by atoms with van der Waals surface area (Å²) in [6.07, 6.45) is 0.620. The summed E-state index contributed by atoms with van der Waals surface area (Å²) in [6, 6.07) is 6.37. The molecule has 1 heterocycles. The van der Waals surface area contributed by atoms with Crippen molar-refractivity contribution in [1.82, 2.24) is 14.5 Å². The Kier molecular flexibility index (Phi) is 6.26. The van der Waals surface area contributed by atoms with Crippen LogP contribution in [0.1, 0.15) is 24.7 Å². The molecule has 0 saturated heterocycles. The average Bonchev–Trinajstić information content (AvgIpc) is 2.80. The standard InChI is InChI=1S/C16H22ClN3O3S/c1-4-23-14-6-8-15(9-7-14)24(21,22)18-10-5-11-20-13(3)16(17)12(2)19-20/h6-9,18H,4-5,10-11H2,1-3H3. The van der Waals surface area contributed by atoms with Crippen LogP contribution in [0, 0.1) is 13.8 Å². The van der Waals surface area contributed by atoms with Crippen molar-refractivity contribution in [2.75, 3.05) is 13.2 Å². The monoisotopic (exact) mass is 371 g/mol. The largest absolute Gasteiger partial charge is 0.494 e. The van der Waals surface area contributed by atoms with E-state index in [4.69, 9.17) is 16.3 Å². The van der Waals surface area contributed by atoms with Gasteiger partial charge in [0.1, 0.15) is 5.75 Å². The summed E-state index contributed by atoms with van der Waals surface area (Å²) in [5, 5.41) is 4.98. The number of nitrogens with zero attached hydrogens (tertiary/aromatic N) is 2. The van der Waals surface area contributed by atoms with Crippen LogP contribution in [0.15, 0.2) is 29.2 Å². The van der Waals surface area contributed by atoms with E-state index in [2.05, 4.69) is 9.82 Å². The summed E-state index contributed by atoms with van der Waals surface area (Å²) in [4.78, 5) is 0.222. The summed E-state index contributed by atoms with van der Waals surface area (Å²) >= 11 is 6.09. The smallest absolute Gasteiger partial charge is 0.240 e. The third-order valence-electron chi connectivity index (χ3n) is 3.58. The van der Waals surface area contributed by atoms with E-state index in [1.165, 1.54) is 12.1 Å². The van der Waals surface area contributed by atoms with Crippen molar-refractivity contribution < 1.29 is 13.2 Å². The molecular formula is C16H22ClN3O3S. The number of sulfonamides is 1. The van der Waals surface area contributed by atoms with Crippen molar-refractivity contribution >= 4 is 21.6 Å². The minimum absolute atomic E-state index is 0.222. The molecular weight excluding hydrogens is 350 g/mol. The molecule has 0 fully saturated rings. The number of hydrogen-bond acceptors (Lipinski definition) is 4. The van der Waals surface area contributed by atoms with Crippen molar-refractivity contribution in [3.05, 3.63) is 40.7 Å². The van der Waals surface area contributed by atoms with Gasteiger partial charge >= 0.3 is 0 Å². The van der Waals surface area contributed by atoms with Gasteiger partial charge in [0, 0.05) is 13.1 Å². The van der Waals surface area contributed by atoms with Gasteiger partial charge in [0.05, 0.1) is 27.9 Å². The predicted molar refractivity (Wildman–Crippen MR) is 94.1 cm³/mol. The Hall–Kier alpha value is -1.57. The lowest BCUT2D eigenvalue weighted by molar-refractivity contribution is 0.340. The fourth-order valence-electron chi connectivity index (χ4n) is 2.29. The number of rotatable bonds is 8. The van der Waals surface area contributed by atoms with Crippen LogP contribution in [0.25, 0.3) is 0 Å². The van der Waals surface area contributed by atoms with Crippen molar-refractivity contribution in [2.24, 2.45) is 0 Å². The van der Waals surface area contributed by atoms with E-state index in [9.17, 15) is 8.42 Å². The van der Waals surface area contributed by atoms with Crippen LogP contribution < -0.4 is 9.46 Å². The maximum atomic E-state index is 12.2. The van der Waals surface area contributed by atoms with Crippen LogP contribution in [0.2, 0.25) is 5.02 Å². The molecule has 0 spiro atoms. The van der Waals surface area contributed by atoms with Gasteiger partial charge in [-0.3, -0.25) is 4.68 Å². The molecule has 0 amide bonds. The van der Waals surface area contributed by atoms with Gasteiger partial charge in [0.15, 0.2) is 0 Å². The van der Waals surface area contributed by atoms with Gasteiger partial charge in [-0.25, -0.2) is 13.1 Å². The van der Waals surface area contributed by atoms with Gasteiger partial charge in [-0.05, 0) is 51.5 Å². The van der Waals surface area contributed by atoms with E-state index in [-0.39, 0.29) is 4.90 Å². The highest BCUT2D eigenvalue weighted by atomic mass is 35.5. The fraction of sp³-hybridized carbons (Fsp3) is 0.438. The van der Waals surface area contributed by atoms with E-state index in [1.54, 1.807) is 16.8 Å². The number of aryl methyl sites for hydroxylation is 2. The number of nitrogens with one attached hydrogen (secondary N) is 1. The van der Waals surface area contributed by atoms with Crippen LogP contribution in [-0.2, 0) is 16.6 Å². The minimum atomic E-state index is -3.52. The molecule has 1 aromatic heterocycles. The Morgan fingerprint density at radius 2 is 1.92 bits per heavy atom. The van der Waals surface area contributed by atoms with E-state index in [0.29, 0.717) is 36.9 Å². The molecule has 0 radical (unpaired) electrons. The first-order valence-electron chi connectivity index (χ1n) is 7.77. The zero-order valence-corrected chi connectivity index (χ0v) is 15.6. The number of ether oxygens (including phenoxy) is 1. The summed E-state index contributed by atoms with van der Waals surface area (Å²) in [5.74, 6) is 0.651. The lowest BCUT2D eigenvalue weighted by Crippen LogP contribution is -2.25. The Balaban J connectivity index is 1.89. The first kappa shape index (κ1) is 18.8. The second-order valence-electron chi connectivity index (χ2n) is 5.36. The predicted octanol–water partition coefficient (Wildman–Crippen LogP) is 2.92. The maximum absolute atomic E-state index is 12.2. The summed E-state index contributed by atoms with van der Waals surface area (Å²) in [5.41, 5.74) is 1.67. The Bertz CT molecular complexity index is 786. The molecule has 132 valence electrons. The number of halogens is 1. The molecule has 0 atom stereocenters. The highest BCUT2D eigenvalue weighted by Crippen LogP contribution is 2.19. The van der Waals surface area contributed by atoms with Crippen LogP contribution in [0.4, 0.5) is 0 Å². The zero-order valence-electron chi connectivity index (χ0n) is 14.0. The number of aromatic nitrogens is 2. The maximum Gasteiger partial charge on any atom is 0.240 e. The molecule has 1 N–H and O–H groups in total. The fourth-order valence-corrected chi connectivity index (χ4v) is 3.50. The number of hydrogen-bond donors (Lipinski definition) is 1. The molecule has 0 unspecified atom stereocenters. The molecule has 2 rings (SSSR count). The first-order chi connectivity index (χ1) is 11.3. The highest BCUT2D eigenvalue weighted by Gasteiger charge is 2.14. The van der Waals surface area contributed by atoms with Crippen molar-refractivity contribution in [1.29, 1.82) is 0 Å². The molecule has 0 aliphatic heterocycles. The molecule has 0 bridgehead atoms. The molecule has 8 heteroatoms. The molecule has 2 aromatic rings. The van der Waals surface area contributed by atoms with E-state index in [0.717, 1.165) is 11.4 Å². The van der Waals surface area contributed by atoms with Crippen molar-refractivity contribution in [3.8, 4) is 5.75 Å². The second kappa shape index (κ2) is 8.00. The first-order valence-corrected chi connectivity index (χ1v) is 9.63. The molecule has 0 saturated carbocycles. The summed E-state index contributed by atoms with van der Waals surface area (Å²) < 4.78 is 34.2. The van der Waals surface area contributed by atoms with Crippen LogP contribution in [0.3, 0.4) is 0 Å². The van der Waals surface area contributed by atoms with Crippen LogP contribution in [0.5, 0.6) is 5.75 Å². The molecule has 6 nitrogen and oxygen atoms in total. The third-order valence-corrected chi connectivity index (χ3v) is 5.60. The van der Waals surface area contributed by atoms with Gasteiger partial charge < -0.3 is 4.74 Å². The van der Waals surface area contributed by atoms with E-state index >= 15 is 0 Å². The highest BCUT2D eigenvalue weighted by molar-refractivity contribution is 7.89. The van der Waals surface area contributed by atoms with Crippen molar-refractivity contribution in [2.45, 2.75) is 38.6 Å². The molecule has 1 aromatic carbocycles. The van der Waals surface area contributed by atoms with Gasteiger partial charge in [0.25, 0.3) is 0 Å². The zero-order chi connectivity index (χ0) is 17.7. The SMILES string of the molecule is CCOc1ccc(S(=O)(=O)NCCCn2nc(C)c(Cl)c2C)cc1. The van der Waals surface area contributed by atoms with Gasteiger partial charge in [-0.1, -0.05) is 11.6 Å². The summed E-state index contributed by atoms with van der Waals surface area (Å²) in [6.45, 7) is 7.09. The van der Waals surface area contributed by atoms with Gasteiger partial charge in [0.2, 0.25) is 10.0 Å². The normalized spacial score (nSPS) is 11.7. The molecule has 24 heavy (non-hydrogen) atoms. The van der Waals surface area contributed by atoms with Crippen LogP contribution >= 0.6 is 11.6 Å². The van der Waals surface area contributed by atoms with E-state index < -0.39 is 10.0 Å². The van der Waals surface area contributed by atoms with Crippen molar-refractivity contribution in [3.63, 3.8) is 0 Å². The molecule has 0 aliphatic carbocycles. The Morgan fingerprint density at radius 3 is 2.46 bits per heavy atom. The average molecular weight is 372 g/mol. The Labute approximate surface area is 147 Å². The van der Waals surface area contributed by atoms with E-state index in [1.807, 2.05) is 20.8 Å². The molecule has 0 aliphatic rings. The topological polar surface area (TPSA) is 73.2 Å². The lowest BCUT2D eigenvalue weighted by atomic mass is 10.3. The Morgan fingerprint density at radius 1 is 1.25 bits per heavy atom. The summed E-state index contributed by atoms with van der Waals surface area (Å²) in [7, 11) is -3.52. The second-order valence-corrected chi connectivity index (χ2v) is 7.51. The minimum Gasteiger partial charge on any atom is -0.494 e. The van der Waals surface area contributed by atoms with Gasteiger partial charge in [-0.2, -0.15) is 5.10 Å². The van der Waals surface area contributed by atoms with Gasteiger partial charge in [-0.15, -0.1) is 0 Å². The number of benzene rings is 1. The lowest BCUT2D eigenvalue weighted by Gasteiger charge is -2.09. The van der Waals surface area contributed by atoms with Crippen LogP contribution in [-0.4, -0.2) is 31.3 Å².